The van der Waals surface area contributed by atoms with Gasteiger partial charge in [0.15, 0.2) is 0 Å². The summed E-state index contributed by atoms with van der Waals surface area (Å²) < 4.78 is 11.0. The van der Waals surface area contributed by atoms with Gasteiger partial charge < -0.3 is 14.4 Å². The largest absolute Gasteiger partial charge is 0.497 e. The van der Waals surface area contributed by atoms with Gasteiger partial charge in [-0.25, -0.2) is 0 Å². The number of nitrogens with zero attached hydrogens (tertiary/aromatic N) is 1. The zero-order chi connectivity index (χ0) is 18.4. The van der Waals surface area contributed by atoms with Crippen LogP contribution in [0.1, 0.15) is 36.9 Å². The van der Waals surface area contributed by atoms with Crippen molar-refractivity contribution in [2.75, 3.05) is 20.3 Å². The summed E-state index contributed by atoms with van der Waals surface area (Å²) in [5.74, 6) is 0.985. The van der Waals surface area contributed by atoms with Crippen molar-refractivity contribution < 1.29 is 14.3 Å². The number of carbonyl (C=O) groups is 1. The third kappa shape index (κ3) is 4.44. The maximum atomic E-state index is 12.9. The number of likely N-dealkylation sites (tertiary alicyclic amines) is 1. The van der Waals surface area contributed by atoms with Gasteiger partial charge in [-0.05, 0) is 43.0 Å². The predicted molar refractivity (Wildman–Crippen MR) is 102 cm³/mol. The fourth-order valence-electron chi connectivity index (χ4n) is 3.47. The molecular formula is C22H27NO3. The van der Waals surface area contributed by atoms with Gasteiger partial charge in [-0.15, -0.1) is 0 Å². The van der Waals surface area contributed by atoms with Crippen molar-refractivity contribution in [2.24, 2.45) is 5.92 Å². The molecule has 2 aromatic rings. The number of ether oxygens (including phenoxy) is 2. The fraction of sp³-hybridized carbons (Fsp3) is 0.409. The molecule has 2 aromatic carbocycles. The van der Waals surface area contributed by atoms with Crippen molar-refractivity contribution in [1.29, 1.82) is 0 Å². The SMILES string of the molecule is COc1ccc([C@@H](C)N2CCC[C@H](COCc3ccccc3)C2=O)cc1. The Labute approximate surface area is 155 Å². The van der Waals surface area contributed by atoms with Crippen molar-refractivity contribution in [3.63, 3.8) is 0 Å². The minimum absolute atomic E-state index is 0.0480. The van der Waals surface area contributed by atoms with Gasteiger partial charge in [0.2, 0.25) is 5.91 Å². The van der Waals surface area contributed by atoms with Crippen LogP contribution >= 0.6 is 0 Å². The van der Waals surface area contributed by atoms with Crippen LogP contribution in [0.15, 0.2) is 54.6 Å². The summed E-state index contributed by atoms with van der Waals surface area (Å²) >= 11 is 0. The highest BCUT2D eigenvalue weighted by molar-refractivity contribution is 5.80. The maximum Gasteiger partial charge on any atom is 0.228 e. The first-order valence-electron chi connectivity index (χ1n) is 9.25. The van der Waals surface area contributed by atoms with E-state index in [1.54, 1.807) is 7.11 Å². The molecule has 0 bridgehead atoms. The summed E-state index contributed by atoms with van der Waals surface area (Å²) in [7, 11) is 1.66. The molecule has 0 aliphatic carbocycles. The van der Waals surface area contributed by atoms with E-state index >= 15 is 0 Å². The molecular weight excluding hydrogens is 326 g/mol. The fourth-order valence-corrected chi connectivity index (χ4v) is 3.47. The lowest BCUT2D eigenvalue weighted by Crippen LogP contribution is -2.44. The van der Waals surface area contributed by atoms with Crippen molar-refractivity contribution >= 4 is 5.91 Å². The molecule has 1 aliphatic heterocycles. The Balaban J connectivity index is 1.57. The second-order valence-corrected chi connectivity index (χ2v) is 6.82. The van der Waals surface area contributed by atoms with Crippen LogP contribution in [0.25, 0.3) is 0 Å². The predicted octanol–water partition coefficient (Wildman–Crippen LogP) is 4.21. The molecule has 2 atom stereocenters. The molecule has 0 spiro atoms. The van der Waals surface area contributed by atoms with E-state index in [0.29, 0.717) is 13.2 Å². The molecule has 0 unspecified atom stereocenters. The van der Waals surface area contributed by atoms with E-state index in [0.717, 1.165) is 36.3 Å². The van der Waals surface area contributed by atoms with Crippen molar-refractivity contribution in [2.45, 2.75) is 32.4 Å². The van der Waals surface area contributed by atoms with Gasteiger partial charge in [0.25, 0.3) is 0 Å². The molecule has 1 fully saturated rings. The second kappa shape index (κ2) is 8.86. The number of hydrogen-bond acceptors (Lipinski definition) is 3. The van der Waals surface area contributed by atoms with Gasteiger partial charge in [-0.3, -0.25) is 4.79 Å². The van der Waals surface area contributed by atoms with Gasteiger partial charge in [0.1, 0.15) is 5.75 Å². The molecule has 138 valence electrons. The number of amides is 1. The van der Waals surface area contributed by atoms with Crippen LogP contribution in [0.4, 0.5) is 0 Å². The molecule has 4 nitrogen and oxygen atoms in total. The Morgan fingerprint density at radius 2 is 1.85 bits per heavy atom. The van der Waals surface area contributed by atoms with Gasteiger partial charge in [-0.1, -0.05) is 42.5 Å². The zero-order valence-corrected chi connectivity index (χ0v) is 15.6. The van der Waals surface area contributed by atoms with E-state index < -0.39 is 0 Å². The van der Waals surface area contributed by atoms with E-state index in [1.807, 2.05) is 59.5 Å². The number of methoxy groups -OCH3 is 1. The Morgan fingerprint density at radius 1 is 1.12 bits per heavy atom. The minimum Gasteiger partial charge on any atom is -0.497 e. The molecule has 1 saturated heterocycles. The summed E-state index contributed by atoms with van der Waals surface area (Å²) in [4.78, 5) is 14.9. The smallest absolute Gasteiger partial charge is 0.228 e. The topological polar surface area (TPSA) is 38.8 Å². The Hall–Kier alpha value is -2.33. The molecule has 0 saturated carbocycles. The Kier molecular flexibility index (Phi) is 6.29. The molecule has 0 N–H and O–H groups in total. The van der Waals surface area contributed by atoms with Crippen LogP contribution in [0.3, 0.4) is 0 Å². The molecule has 0 radical (unpaired) electrons. The highest BCUT2D eigenvalue weighted by Crippen LogP contribution is 2.29. The maximum absolute atomic E-state index is 12.9. The van der Waals surface area contributed by atoms with Gasteiger partial charge >= 0.3 is 0 Å². The van der Waals surface area contributed by atoms with Gasteiger partial charge in [0.05, 0.1) is 32.3 Å². The Morgan fingerprint density at radius 3 is 2.54 bits per heavy atom. The van der Waals surface area contributed by atoms with Crippen molar-refractivity contribution in [3.05, 3.63) is 65.7 Å². The van der Waals surface area contributed by atoms with Crippen molar-refractivity contribution in [1.82, 2.24) is 4.90 Å². The lowest BCUT2D eigenvalue weighted by molar-refractivity contribution is -0.143. The van der Waals surface area contributed by atoms with Crippen LogP contribution < -0.4 is 4.74 Å². The highest BCUT2D eigenvalue weighted by Gasteiger charge is 2.32. The van der Waals surface area contributed by atoms with E-state index in [1.165, 1.54) is 0 Å². The van der Waals surface area contributed by atoms with E-state index in [2.05, 4.69) is 6.92 Å². The molecule has 1 amide bonds. The molecule has 0 aromatic heterocycles. The third-order valence-corrected chi connectivity index (χ3v) is 5.08. The molecule has 4 heteroatoms. The first kappa shape index (κ1) is 18.5. The van der Waals surface area contributed by atoms with Crippen LogP contribution in [0.5, 0.6) is 5.75 Å². The minimum atomic E-state index is -0.0480. The summed E-state index contributed by atoms with van der Waals surface area (Å²) in [6.07, 6.45) is 1.92. The van der Waals surface area contributed by atoms with Crippen LogP contribution in [-0.4, -0.2) is 31.1 Å². The number of hydrogen-bond donors (Lipinski definition) is 0. The summed E-state index contributed by atoms with van der Waals surface area (Å²) in [5, 5.41) is 0. The lowest BCUT2D eigenvalue weighted by atomic mass is 9.95. The van der Waals surface area contributed by atoms with Crippen molar-refractivity contribution in [3.8, 4) is 5.75 Å². The third-order valence-electron chi connectivity index (χ3n) is 5.08. The van der Waals surface area contributed by atoms with E-state index in [9.17, 15) is 4.79 Å². The lowest BCUT2D eigenvalue weighted by Gasteiger charge is -2.36. The normalized spacial score (nSPS) is 18.6. The number of piperidine rings is 1. The Bertz CT molecular complexity index is 699. The summed E-state index contributed by atoms with van der Waals surface area (Å²) in [5.41, 5.74) is 2.27. The zero-order valence-electron chi connectivity index (χ0n) is 15.6. The van der Waals surface area contributed by atoms with E-state index in [4.69, 9.17) is 9.47 Å². The first-order valence-corrected chi connectivity index (χ1v) is 9.25. The van der Waals surface area contributed by atoms with Gasteiger partial charge in [0, 0.05) is 6.54 Å². The highest BCUT2D eigenvalue weighted by atomic mass is 16.5. The number of carbonyl (C=O) groups excluding carboxylic acids is 1. The number of benzene rings is 2. The monoisotopic (exact) mass is 353 g/mol. The standard InChI is InChI=1S/C22H27NO3/c1-17(19-10-12-21(25-2)13-11-19)23-14-6-9-20(22(23)24)16-26-15-18-7-4-3-5-8-18/h3-5,7-8,10-13,17,20H,6,9,14-16H2,1-2H3/t17-,20-/m1/s1. The number of rotatable bonds is 7. The summed E-state index contributed by atoms with van der Waals surface area (Å²) in [6, 6.07) is 18.1. The first-order chi connectivity index (χ1) is 12.7. The van der Waals surface area contributed by atoms with Crippen LogP contribution in [-0.2, 0) is 16.1 Å². The second-order valence-electron chi connectivity index (χ2n) is 6.82. The van der Waals surface area contributed by atoms with Crippen LogP contribution in [0.2, 0.25) is 0 Å². The molecule has 1 heterocycles. The van der Waals surface area contributed by atoms with E-state index in [-0.39, 0.29) is 17.9 Å². The molecule has 1 aliphatic rings. The van der Waals surface area contributed by atoms with Gasteiger partial charge in [-0.2, -0.15) is 0 Å². The average molecular weight is 353 g/mol. The summed E-state index contributed by atoms with van der Waals surface area (Å²) in [6.45, 7) is 3.94. The quantitative estimate of drug-likeness (QED) is 0.748. The van der Waals surface area contributed by atoms with Crippen LogP contribution in [0, 0.1) is 5.92 Å². The average Bonchev–Trinajstić information content (AvgIpc) is 2.70. The molecule has 3 rings (SSSR count). The molecule has 26 heavy (non-hydrogen) atoms.